The summed E-state index contributed by atoms with van der Waals surface area (Å²) >= 11 is 0. The first-order valence-electron chi connectivity index (χ1n) is 12.3. The largest absolute Gasteiger partial charge is 0.507 e. The van der Waals surface area contributed by atoms with Crippen molar-refractivity contribution >= 4 is 23.4 Å². The first kappa shape index (κ1) is 25.7. The van der Waals surface area contributed by atoms with Gasteiger partial charge in [-0.1, -0.05) is 30.3 Å². The molecule has 0 unspecified atom stereocenters. The van der Waals surface area contributed by atoms with Gasteiger partial charge in [0.2, 0.25) is 0 Å². The Labute approximate surface area is 210 Å². The molecule has 192 valence electrons. The number of benzene rings is 1. The van der Waals surface area contributed by atoms with E-state index in [1.54, 1.807) is 25.7 Å². The van der Waals surface area contributed by atoms with Crippen LogP contribution in [0.3, 0.4) is 0 Å². The number of amides is 1. The number of aromatic amines is 1. The molecule has 2 aliphatic heterocycles. The van der Waals surface area contributed by atoms with Crippen molar-refractivity contribution in [1.82, 2.24) is 14.8 Å². The van der Waals surface area contributed by atoms with Crippen LogP contribution in [0.2, 0.25) is 0 Å². The Morgan fingerprint density at radius 2 is 1.83 bits per heavy atom. The molecular formula is C27H33N3O6. The number of Topliss-reactive ketones (excluding diaryl/α,β-unsaturated/α-hetero) is 1. The maximum atomic E-state index is 13.3. The molecule has 9 nitrogen and oxygen atoms in total. The molecule has 2 N–H and O–H groups in total. The highest BCUT2D eigenvalue weighted by atomic mass is 16.5. The molecule has 2 aliphatic rings. The fourth-order valence-electron chi connectivity index (χ4n) is 5.03. The van der Waals surface area contributed by atoms with Crippen molar-refractivity contribution in [3.05, 3.63) is 64.0 Å². The zero-order valence-corrected chi connectivity index (χ0v) is 21.0. The molecule has 0 spiro atoms. The Morgan fingerprint density at radius 3 is 2.50 bits per heavy atom. The third kappa shape index (κ3) is 4.94. The molecule has 1 aromatic carbocycles. The Kier molecular flexibility index (Phi) is 7.91. The number of nitrogens with zero attached hydrogens (tertiary/aromatic N) is 2. The Morgan fingerprint density at radius 1 is 1.14 bits per heavy atom. The van der Waals surface area contributed by atoms with E-state index in [4.69, 9.17) is 9.47 Å². The molecule has 2 saturated heterocycles. The van der Waals surface area contributed by atoms with Crippen LogP contribution in [0.15, 0.2) is 35.9 Å². The SMILES string of the molecule is CCOC(=O)c1[nH]c(C)c(/C(O)=C2\C(=O)C(=O)N(CCCN3CCOCC3)[C@@H]2c2ccccc2)c1C. The molecule has 1 amide bonds. The smallest absolute Gasteiger partial charge is 0.355 e. The lowest BCUT2D eigenvalue weighted by Gasteiger charge is -2.29. The van der Waals surface area contributed by atoms with E-state index in [-0.39, 0.29) is 23.6 Å². The number of likely N-dealkylation sites (tertiary alicyclic amines) is 1. The molecule has 36 heavy (non-hydrogen) atoms. The summed E-state index contributed by atoms with van der Waals surface area (Å²) in [5.41, 5.74) is 2.30. The number of aliphatic hydroxyl groups excluding tert-OH is 1. The monoisotopic (exact) mass is 495 g/mol. The number of ether oxygens (including phenoxy) is 2. The minimum absolute atomic E-state index is 0.0261. The van der Waals surface area contributed by atoms with Crippen molar-refractivity contribution in [3.8, 4) is 0 Å². The van der Waals surface area contributed by atoms with E-state index >= 15 is 0 Å². The van der Waals surface area contributed by atoms with E-state index in [9.17, 15) is 19.5 Å². The highest BCUT2D eigenvalue weighted by Crippen LogP contribution is 2.40. The number of carbonyl (C=O) groups is 3. The molecule has 2 aromatic rings. The van der Waals surface area contributed by atoms with E-state index in [1.807, 2.05) is 30.3 Å². The first-order valence-corrected chi connectivity index (χ1v) is 12.3. The zero-order chi connectivity index (χ0) is 25.8. The summed E-state index contributed by atoms with van der Waals surface area (Å²) < 4.78 is 10.5. The summed E-state index contributed by atoms with van der Waals surface area (Å²) in [5, 5.41) is 11.5. The highest BCUT2D eigenvalue weighted by molar-refractivity contribution is 6.46. The zero-order valence-electron chi connectivity index (χ0n) is 21.0. The molecule has 3 heterocycles. The fourth-order valence-corrected chi connectivity index (χ4v) is 5.03. The van der Waals surface area contributed by atoms with Crippen molar-refractivity contribution < 1.29 is 29.0 Å². The second kappa shape index (κ2) is 11.1. The highest BCUT2D eigenvalue weighted by Gasteiger charge is 2.46. The van der Waals surface area contributed by atoms with Crippen molar-refractivity contribution in [2.24, 2.45) is 0 Å². The summed E-state index contributed by atoms with van der Waals surface area (Å²) in [5.74, 6) is -2.20. The number of rotatable bonds is 8. The number of ketones is 1. The number of nitrogens with one attached hydrogen (secondary N) is 1. The minimum Gasteiger partial charge on any atom is -0.507 e. The quantitative estimate of drug-likeness (QED) is 0.251. The molecular weight excluding hydrogens is 462 g/mol. The van der Waals surface area contributed by atoms with Crippen LogP contribution in [0.25, 0.3) is 5.76 Å². The van der Waals surface area contributed by atoms with Crippen LogP contribution in [0.5, 0.6) is 0 Å². The van der Waals surface area contributed by atoms with Gasteiger partial charge in [-0.25, -0.2) is 4.79 Å². The van der Waals surface area contributed by atoms with E-state index in [1.165, 1.54) is 0 Å². The van der Waals surface area contributed by atoms with Gasteiger partial charge in [-0.2, -0.15) is 0 Å². The maximum Gasteiger partial charge on any atom is 0.355 e. The number of morpholine rings is 1. The van der Waals surface area contributed by atoms with Gasteiger partial charge < -0.3 is 24.5 Å². The topological polar surface area (TPSA) is 112 Å². The number of aliphatic hydroxyl groups is 1. The maximum absolute atomic E-state index is 13.3. The summed E-state index contributed by atoms with van der Waals surface area (Å²) in [6.07, 6.45) is 0.686. The van der Waals surface area contributed by atoms with Gasteiger partial charge in [0, 0.05) is 37.4 Å². The van der Waals surface area contributed by atoms with Gasteiger partial charge in [0.25, 0.3) is 11.7 Å². The van der Waals surface area contributed by atoms with Gasteiger partial charge in [0.1, 0.15) is 11.5 Å². The van der Waals surface area contributed by atoms with Gasteiger partial charge in [0.05, 0.1) is 31.4 Å². The van der Waals surface area contributed by atoms with Crippen LogP contribution >= 0.6 is 0 Å². The third-order valence-corrected chi connectivity index (χ3v) is 6.79. The Bertz CT molecular complexity index is 1160. The number of carbonyl (C=O) groups excluding carboxylic acids is 3. The molecule has 4 rings (SSSR count). The van der Waals surface area contributed by atoms with Crippen molar-refractivity contribution in [2.75, 3.05) is 46.0 Å². The van der Waals surface area contributed by atoms with Gasteiger partial charge in [0.15, 0.2) is 0 Å². The Balaban J connectivity index is 1.71. The predicted octanol–water partition coefficient (Wildman–Crippen LogP) is 2.95. The van der Waals surface area contributed by atoms with E-state index in [2.05, 4.69) is 9.88 Å². The van der Waals surface area contributed by atoms with Crippen LogP contribution in [0, 0.1) is 13.8 Å². The lowest BCUT2D eigenvalue weighted by atomic mass is 9.94. The van der Waals surface area contributed by atoms with Crippen molar-refractivity contribution in [1.29, 1.82) is 0 Å². The summed E-state index contributed by atoms with van der Waals surface area (Å²) in [6.45, 7) is 9.54. The number of hydrogen-bond donors (Lipinski definition) is 2. The van der Waals surface area contributed by atoms with E-state index in [0.717, 1.165) is 25.2 Å². The molecule has 0 bridgehead atoms. The summed E-state index contributed by atoms with van der Waals surface area (Å²) in [6, 6.07) is 8.51. The predicted molar refractivity (Wildman–Crippen MR) is 134 cm³/mol. The fraction of sp³-hybridized carbons (Fsp3) is 0.444. The van der Waals surface area contributed by atoms with Gasteiger partial charge in [-0.15, -0.1) is 0 Å². The van der Waals surface area contributed by atoms with E-state index < -0.39 is 23.7 Å². The molecule has 1 aromatic heterocycles. The van der Waals surface area contributed by atoms with Crippen LogP contribution in [-0.4, -0.2) is 83.5 Å². The molecule has 0 radical (unpaired) electrons. The second-order valence-electron chi connectivity index (χ2n) is 9.06. The number of H-pyrrole nitrogens is 1. The average Bonchev–Trinajstić information content (AvgIpc) is 3.32. The van der Waals surface area contributed by atoms with Crippen LogP contribution in [0.1, 0.15) is 52.3 Å². The standard InChI is InChI=1S/C27H33N3O6/c1-4-36-27(34)22-17(2)20(18(3)28-22)24(31)21-23(19-9-6-5-7-10-19)30(26(33)25(21)32)12-8-11-29-13-15-35-16-14-29/h5-7,9-10,23,28,31H,4,8,11-16H2,1-3H3/b24-21+/t23-/m1/s1. The minimum atomic E-state index is -0.731. The number of hydrogen-bond acceptors (Lipinski definition) is 7. The second-order valence-corrected chi connectivity index (χ2v) is 9.06. The molecule has 9 heteroatoms. The normalized spacial score (nSPS) is 20.2. The van der Waals surface area contributed by atoms with Crippen LogP contribution in [0.4, 0.5) is 0 Å². The first-order chi connectivity index (χ1) is 17.3. The summed E-state index contributed by atoms with van der Waals surface area (Å²) in [7, 11) is 0. The average molecular weight is 496 g/mol. The molecule has 2 fully saturated rings. The lowest BCUT2D eigenvalue weighted by molar-refractivity contribution is -0.140. The van der Waals surface area contributed by atoms with Crippen LogP contribution < -0.4 is 0 Å². The van der Waals surface area contributed by atoms with Crippen molar-refractivity contribution in [2.45, 2.75) is 33.2 Å². The van der Waals surface area contributed by atoms with Gasteiger partial charge in [-0.05, 0) is 38.3 Å². The van der Waals surface area contributed by atoms with Crippen molar-refractivity contribution in [3.63, 3.8) is 0 Å². The Hall–Kier alpha value is -3.43. The number of aromatic nitrogens is 1. The van der Waals surface area contributed by atoms with Gasteiger partial charge in [-0.3, -0.25) is 14.5 Å². The van der Waals surface area contributed by atoms with Crippen LogP contribution in [-0.2, 0) is 19.1 Å². The van der Waals surface area contributed by atoms with E-state index in [0.29, 0.717) is 43.0 Å². The lowest BCUT2D eigenvalue weighted by Crippen LogP contribution is -2.38. The molecule has 1 atom stereocenters. The molecule has 0 saturated carbocycles. The number of aryl methyl sites for hydroxylation is 1. The summed E-state index contributed by atoms with van der Waals surface area (Å²) in [4.78, 5) is 45.7. The third-order valence-electron chi connectivity index (χ3n) is 6.79. The molecule has 0 aliphatic carbocycles. The van der Waals surface area contributed by atoms with Gasteiger partial charge >= 0.3 is 5.97 Å². The number of esters is 1.